The van der Waals surface area contributed by atoms with Crippen LogP contribution in [0.3, 0.4) is 0 Å². The van der Waals surface area contributed by atoms with E-state index in [-0.39, 0.29) is 11.9 Å². The summed E-state index contributed by atoms with van der Waals surface area (Å²) in [6, 6.07) is 0. The number of ether oxygens (including phenoxy) is 1. The normalized spacial score (nSPS) is 18.5. The summed E-state index contributed by atoms with van der Waals surface area (Å²) in [5.41, 5.74) is 1.18. The van der Waals surface area contributed by atoms with Crippen LogP contribution in [0.5, 0.6) is 0 Å². The first-order chi connectivity index (χ1) is 11.6. The number of aliphatic imine (C=N–C) groups is 1. The van der Waals surface area contributed by atoms with Gasteiger partial charge >= 0.3 is 5.97 Å². The lowest BCUT2D eigenvalue weighted by Crippen LogP contribution is -2.48. The van der Waals surface area contributed by atoms with Crippen LogP contribution in [0.4, 0.5) is 0 Å². The number of piperidine rings is 1. The summed E-state index contributed by atoms with van der Waals surface area (Å²) in [5.74, 6) is 0.719. The van der Waals surface area contributed by atoms with Crippen LogP contribution in [0.25, 0.3) is 0 Å². The Morgan fingerprint density at radius 3 is 3.04 bits per heavy atom. The topological polar surface area (TPSA) is 71.8 Å². The van der Waals surface area contributed by atoms with E-state index in [1.165, 1.54) is 5.56 Å². The number of guanidine groups is 1. The first-order valence-corrected chi connectivity index (χ1v) is 8.75. The minimum atomic E-state index is -0.0910. The first-order valence-electron chi connectivity index (χ1n) is 8.75. The molecule has 7 heteroatoms. The molecule has 0 radical (unpaired) electrons. The first kappa shape index (κ1) is 18.3. The fraction of sp³-hybridized carbons (Fsp3) is 0.706. The number of likely N-dealkylation sites (tertiary alicyclic amines) is 1. The number of carbonyl (C=O) groups excluding carboxylic acids is 1. The summed E-state index contributed by atoms with van der Waals surface area (Å²) in [7, 11) is 1.78. The van der Waals surface area contributed by atoms with Crippen LogP contribution in [0.15, 0.2) is 17.4 Å². The second-order valence-electron chi connectivity index (χ2n) is 6.15. The lowest BCUT2D eigenvalue weighted by atomic mass is 9.98. The van der Waals surface area contributed by atoms with Crippen molar-refractivity contribution in [1.29, 1.82) is 0 Å². The molecule has 0 aliphatic carbocycles. The molecule has 0 bridgehead atoms. The van der Waals surface area contributed by atoms with E-state index in [0.29, 0.717) is 13.2 Å². The molecular weight excluding hydrogens is 306 g/mol. The van der Waals surface area contributed by atoms with Gasteiger partial charge in [0, 0.05) is 39.4 Å². The number of nitrogens with one attached hydrogen (secondary N) is 1. The molecule has 0 spiro atoms. The van der Waals surface area contributed by atoms with Crippen molar-refractivity contribution < 1.29 is 9.53 Å². The number of hydrogen-bond acceptors (Lipinski definition) is 4. The molecule has 134 valence electrons. The maximum atomic E-state index is 12.0. The van der Waals surface area contributed by atoms with Crippen molar-refractivity contribution in [3.63, 3.8) is 0 Å². The molecule has 7 nitrogen and oxygen atoms in total. The Labute approximate surface area is 144 Å². The van der Waals surface area contributed by atoms with Crippen LogP contribution in [-0.4, -0.2) is 59.9 Å². The van der Waals surface area contributed by atoms with Gasteiger partial charge in [-0.25, -0.2) is 0 Å². The molecule has 1 aliphatic rings. The van der Waals surface area contributed by atoms with Crippen molar-refractivity contribution >= 4 is 11.9 Å². The summed E-state index contributed by atoms with van der Waals surface area (Å²) in [5, 5.41) is 7.68. The highest BCUT2D eigenvalue weighted by molar-refractivity contribution is 5.81. The van der Waals surface area contributed by atoms with Crippen LogP contribution >= 0.6 is 0 Å². The Balaban J connectivity index is 1.77. The minimum absolute atomic E-state index is 0.0516. The predicted molar refractivity (Wildman–Crippen MR) is 93.9 cm³/mol. The Morgan fingerprint density at radius 1 is 1.54 bits per heavy atom. The number of carbonyl (C=O) groups is 1. The molecule has 0 aromatic carbocycles. The third-order valence-corrected chi connectivity index (χ3v) is 4.16. The predicted octanol–water partition coefficient (Wildman–Crippen LogP) is 1.43. The van der Waals surface area contributed by atoms with Gasteiger partial charge in [-0.3, -0.25) is 14.5 Å². The van der Waals surface area contributed by atoms with Gasteiger partial charge in [-0.15, -0.1) is 0 Å². The smallest absolute Gasteiger partial charge is 0.310 e. The van der Waals surface area contributed by atoms with Gasteiger partial charge in [0.15, 0.2) is 5.96 Å². The van der Waals surface area contributed by atoms with Crippen molar-refractivity contribution in [2.75, 3.05) is 33.3 Å². The summed E-state index contributed by atoms with van der Waals surface area (Å²) >= 11 is 0. The second kappa shape index (κ2) is 9.30. The van der Waals surface area contributed by atoms with Gasteiger partial charge < -0.3 is 15.0 Å². The third-order valence-electron chi connectivity index (χ3n) is 4.16. The van der Waals surface area contributed by atoms with Gasteiger partial charge in [0.2, 0.25) is 0 Å². The molecule has 1 saturated heterocycles. The molecular formula is C17H29N5O2. The van der Waals surface area contributed by atoms with Crippen molar-refractivity contribution in [3.05, 3.63) is 18.0 Å². The second-order valence-corrected chi connectivity index (χ2v) is 6.15. The zero-order valence-electron chi connectivity index (χ0n) is 15.0. The minimum Gasteiger partial charge on any atom is -0.466 e. The maximum absolute atomic E-state index is 12.0. The summed E-state index contributed by atoms with van der Waals surface area (Å²) in [4.78, 5) is 18.5. The van der Waals surface area contributed by atoms with Gasteiger partial charge in [-0.2, -0.15) is 5.10 Å². The molecule has 1 unspecified atom stereocenters. The number of aromatic nitrogens is 2. The van der Waals surface area contributed by atoms with Gasteiger partial charge in [0.1, 0.15) is 0 Å². The average molecular weight is 335 g/mol. The number of nitrogens with zero attached hydrogens (tertiary/aromatic N) is 4. The van der Waals surface area contributed by atoms with Crippen molar-refractivity contribution in [2.45, 2.75) is 39.7 Å². The van der Waals surface area contributed by atoms with Crippen molar-refractivity contribution in [2.24, 2.45) is 10.9 Å². The van der Waals surface area contributed by atoms with E-state index in [4.69, 9.17) is 4.74 Å². The number of hydrogen-bond donors (Lipinski definition) is 1. The highest BCUT2D eigenvalue weighted by atomic mass is 16.5. The Bertz CT molecular complexity index is 555. The van der Waals surface area contributed by atoms with Gasteiger partial charge in [0.25, 0.3) is 0 Å². The zero-order chi connectivity index (χ0) is 17.4. The molecule has 1 fully saturated rings. The number of esters is 1. The van der Waals surface area contributed by atoms with Gasteiger partial charge in [-0.1, -0.05) is 0 Å². The van der Waals surface area contributed by atoms with Gasteiger partial charge in [0.05, 0.1) is 18.7 Å². The largest absolute Gasteiger partial charge is 0.466 e. The lowest BCUT2D eigenvalue weighted by Gasteiger charge is -2.33. The molecule has 0 saturated carbocycles. The van der Waals surface area contributed by atoms with Gasteiger partial charge in [-0.05, 0) is 38.7 Å². The van der Waals surface area contributed by atoms with E-state index in [9.17, 15) is 4.79 Å². The average Bonchev–Trinajstić information content (AvgIpc) is 3.00. The summed E-state index contributed by atoms with van der Waals surface area (Å²) in [6.07, 6.45) is 6.76. The third kappa shape index (κ3) is 5.25. The molecule has 1 aromatic heterocycles. The maximum Gasteiger partial charge on any atom is 0.310 e. The van der Waals surface area contributed by atoms with E-state index in [0.717, 1.165) is 44.9 Å². The van der Waals surface area contributed by atoms with Crippen LogP contribution in [-0.2, 0) is 16.1 Å². The SMILES string of the molecule is CCOC(=O)C1CCCN(C(=NC)NCCCn2cc(C)cn2)C1. The van der Waals surface area contributed by atoms with Crippen LogP contribution in [0.1, 0.15) is 31.7 Å². The standard InChI is InChI=1S/C17H29N5O2/c1-4-24-16(23)15-7-5-9-21(13-15)17(18-3)19-8-6-10-22-12-14(2)11-20-22/h11-12,15H,4-10,13H2,1-3H3,(H,18,19). The fourth-order valence-electron chi connectivity index (χ4n) is 2.98. The Morgan fingerprint density at radius 2 is 2.38 bits per heavy atom. The van der Waals surface area contributed by atoms with E-state index in [2.05, 4.69) is 20.3 Å². The molecule has 1 aromatic rings. The number of aryl methyl sites for hydroxylation is 2. The molecule has 1 aliphatic heterocycles. The van der Waals surface area contributed by atoms with E-state index in [1.54, 1.807) is 7.05 Å². The highest BCUT2D eigenvalue weighted by Crippen LogP contribution is 2.18. The molecule has 2 heterocycles. The van der Waals surface area contributed by atoms with E-state index < -0.39 is 0 Å². The Hall–Kier alpha value is -2.05. The highest BCUT2D eigenvalue weighted by Gasteiger charge is 2.28. The molecule has 1 N–H and O–H groups in total. The van der Waals surface area contributed by atoms with Crippen molar-refractivity contribution in [1.82, 2.24) is 20.0 Å². The monoisotopic (exact) mass is 335 g/mol. The summed E-state index contributed by atoms with van der Waals surface area (Å²) in [6.45, 7) is 7.63. The van der Waals surface area contributed by atoms with E-state index >= 15 is 0 Å². The molecule has 2 rings (SSSR count). The molecule has 0 amide bonds. The lowest BCUT2D eigenvalue weighted by molar-refractivity contribution is -0.149. The van der Waals surface area contributed by atoms with Crippen LogP contribution in [0, 0.1) is 12.8 Å². The summed E-state index contributed by atoms with van der Waals surface area (Å²) < 4.78 is 7.11. The molecule has 1 atom stereocenters. The quantitative estimate of drug-likeness (QED) is 0.368. The van der Waals surface area contributed by atoms with E-state index in [1.807, 2.05) is 30.9 Å². The fourth-order valence-corrected chi connectivity index (χ4v) is 2.98. The van der Waals surface area contributed by atoms with Crippen molar-refractivity contribution in [3.8, 4) is 0 Å². The number of rotatable bonds is 6. The van der Waals surface area contributed by atoms with Crippen LogP contribution < -0.4 is 5.32 Å². The molecule has 24 heavy (non-hydrogen) atoms. The Kier molecular flexibility index (Phi) is 7.08. The van der Waals surface area contributed by atoms with Crippen LogP contribution in [0.2, 0.25) is 0 Å². The zero-order valence-corrected chi connectivity index (χ0v) is 15.0.